The van der Waals surface area contributed by atoms with Crippen LogP contribution < -0.4 is 0 Å². The molecule has 10 heteroatoms. The van der Waals surface area contributed by atoms with Crippen molar-refractivity contribution < 1.29 is 28.0 Å². The van der Waals surface area contributed by atoms with Crippen molar-refractivity contribution in [1.29, 1.82) is 0 Å². The number of benzene rings is 1. The molecule has 0 fully saturated rings. The average Bonchev–Trinajstić information content (AvgIpc) is 2.87. The van der Waals surface area contributed by atoms with Crippen molar-refractivity contribution >= 4 is 11.7 Å². The molecular formula is C11H6F3N3O4. The number of halogens is 3. The lowest BCUT2D eigenvalue weighted by Gasteiger charge is -2.06. The molecule has 1 aromatic heterocycles. The second-order valence-corrected chi connectivity index (χ2v) is 3.91. The molecule has 0 spiro atoms. The van der Waals surface area contributed by atoms with Crippen LogP contribution in [-0.2, 0) is 6.18 Å². The summed E-state index contributed by atoms with van der Waals surface area (Å²) in [5, 5.41) is 22.8. The molecular weight excluding hydrogens is 295 g/mol. The lowest BCUT2D eigenvalue weighted by atomic mass is 10.1. The highest BCUT2D eigenvalue weighted by Gasteiger charge is 2.34. The van der Waals surface area contributed by atoms with Gasteiger partial charge in [0.05, 0.1) is 16.2 Å². The van der Waals surface area contributed by atoms with Crippen LogP contribution in [0, 0.1) is 10.1 Å². The van der Waals surface area contributed by atoms with Crippen molar-refractivity contribution in [2.75, 3.05) is 0 Å². The maximum absolute atomic E-state index is 12.5. The molecule has 0 saturated carbocycles. The largest absolute Gasteiger partial charge is 0.478 e. The zero-order valence-corrected chi connectivity index (χ0v) is 10.0. The van der Waals surface area contributed by atoms with E-state index in [2.05, 4.69) is 5.10 Å². The van der Waals surface area contributed by atoms with Crippen LogP contribution in [0.2, 0.25) is 0 Å². The third-order valence-corrected chi connectivity index (χ3v) is 2.55. The van der Waals surface area contributed by atoms with Crippen LogP contribution in [0.25, 0.3) is 5.69 Å². The number of nitrogens with zero attached hydrogens (tertiary/aromatic N) is 3. The van der Waals surface area contributed by atoms with Crippen molar-refractivity contribution in [2.45, 2.75) is 6.18 Å². The van der Waals surface area contributed by atoms with Gasteiger partial charge in [0.2, 0.25) is 0 Å². The Bertz CT molecular complexity index is 724. The molecule has 0 aliphatic heterocycles. The molecule has 21 heavy (non-hydrogen) atoms. The van der Waals surface area contributed by atoms with Gasteiger partial charge in [-0.25, -0.2) is 9.48 Å². The monoisotopic (exact) mass is 301 g/mol. The lowest BCUT2D eigenvalue weighted by molar-refractivity contribution is -0.384. The van der Waals surface area contributed by atoms with E-state index in [4.69, 9.17) is 5.11 Å². The zero-order valence-electron chi connectivity index (χ0n) is 10.0. The third-order valence-electron chi connectivity index (χ3n) is 2.55. The molecule has 0 amide bonds. The molecule has 1 aromatic carbocycles. The van der Waals surface area contributed by atoms with E-state index < -0.39 is 34.0 Å². The van der Waals surface area contributed by atoms with Crippen molar-refractivity contribution in [2.24, 2.45) is 0 Å². The fourth-order valence-electron chi connectivity index (χ4n) is 1.62. The van der Waals surface area contributed by atoms with E-state index in [1.165, 1.54) is 0 Å². The van der Waals surface area contributed by atoms with E-state index in [0.29, 0.717) is 10.7 Å². The van der Waals surface area contributed by atoms with Gasteiger partial charge < -0.3 is 5.11 Å². The van der Waals surface area contributed by atoms with Crippen LogP contribution in [0.15, 0.2) is 30.5 Å². The Morgan fingerprint density at radius 3 is 2.48 bits per heavy atom. The SMILES string of the molecule is O=C(O)c1cc([N+](=O)[O-])ccc1-n1ccc(C(F)(F)F)n1. The number of carbonyl (C=O) groups is 1. The summed E-state index contributed by atoms with van der Waals surface area (Å²) in [5.41, 5.74) is -2.42. The van der Waals surface area contributed by atoms with Crippen LogP contribution in [0.4, 0.5) is 18.9 Å². The Hall–Kier alpha value is -2.91. The molecule has 1 heterocycles. The fraction of sp³-hybridized carbons (Fsp3) is 0.0909. The Morgan fingerprint density at radius 1 is 1.33 bits per heavy atom. The van der Waals surface area contributed by atoms with Crippen molar-refractivity contribution in [3.8, 4) is 5.69 Å². The number of hydrogen-bond acceptors (Lipinski definition) is 4. The molecule has 0 aliphatic carbocycles. The topological polar surface area (TPSA) is 98.3 Å². The summed E-state index contributed by atoms with van der Waals surface area (Å²) in [7, 11) is 0. The van der Waals surface area contributed by atoms with Gasteiger partial charge in [-0.15, -0.1) is 0 Å². The standard InChI is InChI=1S/C11H6F3N3O4/c12-11(13,14)9-3-4-16(15-9)8-2-1-6(17(20)21)5-7(8)10(18)19/h1-5H,(H,18,19). The molecule has 1 N–H and O–H groups in total. The number of carboxylic acid groups (broad SMARTS) is 1. The minimum atomic E-state index is -4.67. The molecule has 7 nitrogen and oxygen atoms in total. The summed E-state index contributed by atoms with van der Waals surface area (Å²) in [6.07, 6.45) is -3.74. The van der Waals surface area contributed by atoms with E-state index in [9.17, 15) is 28.1 Å². The molecule has 0 radical (unpaired) electrons. The summed E-state index contributed by atoms with van der Waals surface area (Å²) < 4.78 is 38.1. The van der Waals surface area contributed by atoms with Crippen LogP contribution >= 0.6 is 0 Å². The van der Waals surface area contributed by atoms with Gasteiger partial charge >= 0.3 is 12.1 Å². The number of non-ortho nitro benzene ring substituents is 1. The predicted octanol–water partition coefficient (Wildman–Crippen LogP) is 2.50. The first kappa shape index (κ1) is 14.5. The normalized spacial score (nSPS) is 11.4. The Morgan fingerprint density at radius 2 is 2.00 bits per heavy atom. The molecule has 2 rings (SSSR count). The molecule has 2 aromatic rings. The Labute approximate surface area is 114 Å². The smallest absolute Gasteiger partial charge is 0.435 e. The maximum atomic E-state index is 12.5. The molecule has 110 valence electrons. The number of nitro benzene ring substituents is 1. The highest BCUT2D eigenvalue weighted by Crippen LogP contribution is 2.28. The molecule has 0 saturated heterocycles. The van der Waals surface area contributed by atoms with Crippen molar-refractivity contribution in [1.82, 2.24) is 9.78 Å². The third kappa shape index (κ3) is 2.83. The number of rotatable bonds is 3. The van der Waals surface area contributed by atoms with E-state index in [-0.39, 0.29) is 5.69 Å². The van der Waals surface area contributed by atoms with E-state index in [0.717, 1.165) is 24.4 Å². The highest BCUT2D eigenvalue weighted by atomic mass is 19.4. The Kier molecular flexibility index (Phi) is 3.37. The molecule has 0 unspecified atom stereocenters. The average molecular weight is 301 g/mol. The number of nitro groups is 1. The number of carboxylic acids is 1. The second kappa shape index (κ2) is 4.89. The fourth-order valence-corrected chi connectivity index (χ4v) is 1.62. The summed E-state index contributed by atoms with van der Waals surface area (Å²) in [6, 6.07) is 3.44. The van der Waals surface area contributed by atoms with Gasteiger partial charge in [0.1, 0.15) is 0 Å². The van der Waals surface area contributed by atoms with Crippen LogP contribution in [0.1, 0.15) is 16.1 Å². The van der Waals surface area contributed by atoms with Gasteiger partial charge in [-0.3, -0.25) is 10.1 Å². The maximum Gasteiger partial charge on any atom is 0.435 e. The van der Waals surface area contributed by atoms with Gasteiger partial charge in [-0.05, 0) is 12.1 Å². The first-order valence-electron chi connectivity index (χ1n) is 5.35. The van der Waals surface area contributed by atoms with Crippen LogP contribution in [-0.4, -0.2) is 25.8 Å². The van der Waals surface area contributed by atoms with E-state index in [1.54, 1.807) is 0 Å². The summed E-state index contributed by atoms with van der Waals surface area (Å²) >= 11 is 0. The zero-order chi connectivity index (χ0) is 15.8. The molecule has 0 atom stereocenters. The summed E-state index contributed by atoms with van der Waals surface area (Å²) in [5.74, 6) is -1.52. The molecule has 0 bridgehead atoms. The summed E-state index contributed by atoms with van der Waals surface area (Å²) in [4.78, 5) is 20.9. The van der Waals surface area contributed by atoms with Crippen LogP contribution in [0.3, 0.4) is 0 Å². The lowest BCUT2D eigenvalue weighted by Crippen LogP contribution is -2.10. The van der Waals surface area contributed by atoms with Crippen molar-refractivity contribution in [3.63, 3.8) is 0 Å². The quantitative estimate of drug-likeness (QED) is 0.693. The number of aromatic nitrogens is 2. The second-order valence-electron chi connectivity index (χ2n) is 3.91. The highest BCUT2D eigenvalue weighted by molar-refractivity contribution is 5.92. The van der Waals surface area contributed by atoms with Crippen LogP contribution in [0.5, 0.6) is 0 Å². The van der Waals surface area contributed by atoms with Gasteiger partial charge in [-0.1, -0.05) is 0 Å². The summed E-state index contributed by atoms with van der Waals surface area (Å²) in [6.45, 7) is 0. The van der Waals surface area contributed by atoms with Crippen molar-refractivity contribution in [3.05, 3.63) is 51.8 Å². The number of hydrogen-bond donors (Lipinski definition) is 1. The molecule has 0 aliphatic rings. The first-order chi connectivity index (χ1) is 9.70. The van der Waals surface area contributed by atoms with E-state index in [1.807, 2.05) is 0 Å². The number of aromatic carboxylic acids is 1. The minimum Gasteiger partial charge on any atom is -0.478 e. The first-order valence-corrected chi connectivity index (χ1v) is 5.35. The van der Waals surface area contributed by atoms with Gasteiger partial charge in [0.25, 0.3) is 5.69 Å². The minimum absolute atomic E-state index is 0.205. The van der Waals surface area contributed by atoms with E-state index >= 15 is 0 Å². The predicted molar refractivity (Wildman–Crippen MR) is 62.2 cm³/mol. The van der Waals surface area contributed by atoms with Gasteiger partial charge in [-0.2, -0.15) is 18.3 Å². The Balaban J connectivity index is 2.56. The number of alkyl halides is 3. The van der Waals surface area contributed by atoms with Gasteiger partial charge in [0, 0.05) is 18.3 Å². The van der Waals surface area contributed by atoms with Gasteiger partial charge in [0.15, 0.2) is 5.69 Å².